The van der Waals surface area contributed by atoms with E-state index in [4.69, 9.17) is 0 Å². The van der Waals surface area contributed by atoms with Gasteiger partial charge in [0.25, 0.3) is 5.91 Å². The van der Waals surface area contributed by atoms with E-state index in [0.29, 0.717) is 18.7 Å². The molecule has 0 aromatic rings. The predicted molar refractivity (Wildman–Crippen MR) is 353 cm³/mol. The number of ketones is 2. The number of likely N-dealkylation sites (N-methyl/N-ethyl adjacent to an activating group) is 7. The monoisotopic (exact) mass is 1290 g/mol. The number of nitrogens with zero attached hydrogens (tertiary/aromatic N) is 8. The Kier molecular flexibility index (Phi) is 35.3. The van der Waals surface area contributed by atoms with Crippen molar-refractivity contribution in [2.45, 2.75) is 215 Å². The minimum absolute atomic E-state index is 0.0877. The van der Waals surface area contributed by atoms with Crippen molar-refractivity contribution in [3.63, 3.8) is 0 Å². The number of aliphatic hydroxyl groups excluding tert-OH is 2. The number of hydrogen-bond donors (Lipinski definition) is 4. The Hall–Kier alpha value is -5.46. The minimum Gasteiger partial charge on any atom is -0.396 e. The van der Waals surface area contributed by atoms with Crippen LogP contribution in [0.4, 0.5) is 0 Å². The van der Waals surface area contributed by atoms with Crippen LogP contribution in [0.15, 0.2) is 12.2 Å². The first kappa shape index (κ1) is 82.6. The molecule has 0 spiro atoms. The van der Waals surface area contributed by atoms with E-state index < -0.39 is 167 Å². The Morgan fingerprint density at radius 2 is 1.02 bits per heavy atom. The standard InChI is InChI=1S/C66H118N10O13S/c1-25-27-28-43(13)56(80)55-52(79)37-46(26-2)60(84)76(24)66(90-32-30-69(16)17)65(89)70(18)47(29-31-77)57(81)68-53(41(9)10)63(87)71(19)48(33-38(3)4)58(82)67-45(15)51(78)36-44(14)59(83)72(20)49(34-39(5)6)61(85)73(21)50(35-40(7)8)62(86)74(22)54(42(11)12)64(88)75(55)23/h25,27,38-50,53-56,66,77,80H,26,28-37H2,1-24H3,(H,67,82)(H,68,81)/b27-25+/t43-,44+,45+,46-,47+,48+,49+,50+,53+,54+,55-,56-,66-/m1/s1. The van der Waals surface area contributed by atoms with E-state index in [1.807, 2.05) is 73.5 Å². The van der Waals surface area contributed by atoms with Crippen molar-refractivity contribution in [1.82, 2.24) is 49.8 Å². The van der Waals surface area contributed by atoms with Gasteiger partial charge in [0.05, 0.1) is 12.1 Å². The van der Waals surface area contributed by atoms with E-state index in [1.165, 1.54) is 80.8 Å². The van der Waals surface area contributed by atoms with E-state index in [0.717, 1.165) is 21.6 Å². The fourth-order valence-corrected chi connectivity index (χ4v) is 12.8. The zero-order chi connectivity index (χ0) is 69.7. The summed E-state index contributed by atoms with van der Waals surface area (Å²) in [6.45, 7) is 26.3. The Balaban J connectivity index is 4.49. The van der Waals surface area contributed by atoms with Gasteiger partial charge in [0, 0.05) is 92.9 Å². The van der Waals surface area contributed by atoms with Crippen LogP contribution in [0.3, 0.4) is 0 Å². The molecule has 0 unspecified atom stereocenters. The van der Waals surface area contributed by atoms with Gasteiger partial charge in [0.2, 0.25) is 47.3 Å². The summed E-state index contributed by atoms with van der Waals surface area (Å²) in [4.78, 5) is 173. The molecular formula is C66H118N10O13S. The van der Waals surface area contributed by atoms with Crippen molar-refractivity contribution in [2.24, 2.45) is 47.3 Å². The average Bonchev–Trinajstić information content (AvgIpc) is 0.871. The van der Waals surface area contributed by atoms with Gasteiger partial charge in [-0.2, -0.15) is 0 Å². The lowest BCUT2D eigenvalue weighted by atomic mass is 9.86. The number of rotatable bonds is 19. The van der Waals surface area contributed by atoms with Crippen LogP contribution in [0, 0.1) is 47.3 Å². The lowest BCUT2D eigenvalue weighted by molar-refractivity contribution is -0.157. The third kappa shape index (κ3) is 23.3. The maximum atomic E-state index is 15.3. The number of aliphatic hydroxyl groups is 2. The molecule has 0 radical (unpaired) electrons. The Morgan fingerprint density at radius 1 is 0.556 bits per heavy atom. The molecule has 9 amide bonds. The van der Waals surface area contributed by atoms with Crippen LogP contribution in [-0.4, -0.2) is 256 Å². The molecule has 1 rings (SSSR count). The van der Waals surface area contributed by atoms with Crippen molar-refractivity contribution in [1.29, 1.82) is 0 Å². The number of amides is 9. The molecule has 1 saturated heterocycles. The first-order chi connectivity index (χ1) is 41.7. The van der Waals surface area contributed by atoms with Crippen LogP contribution in [0.1, 0.15) is 155 Å². The van der Waals surface area contributed by atoms with Gasteiger partial charge >= 0.3 is 0 Å². The van der Waals surface area contributed by atoms with Crippen molar-refractivity contribution in [2.75, 3.05) is 82.3 Å². The zero-order valence-corrected chi connectivity index (χ0v) is 60.0. The van der Waals surface area contributed by atoms with Crippen molar-refractivity contribution in [3.8, 4) is 0 Å². The quantitative estimate of drug-likeness (QED) is 0.130. The highest BCUT2D eigenvalue weighted by molar-refractivity contribution is 8.00. The molecular weight excluding hydrogens is 1170 g/mol. The second kappa shape index (κ2) is 38.5. The second-order valence-corrected chi connectivity index (χ2v) is 28.5. The predicted octanol–water partition coefficient (Wildman–Crippen LogP) is 4.41. The highest BCUT2D eigenvalue weighted by Gasteiger charge is 2.46. The topological polar surface area (TPSA) is 278 Å². The summed E-state index contributed by atoms with van der Waals surface area (Å²) in [5, 5.41) is 27.0. The van der Waals surface area contributed by atoms with Crippen LogP contribution in [-0.2, 0) is 52.7 Å². The Morgan fingerprint density at radius 3 is 1.49 bits per heavy atom. The van der Waals surface area contributed by atoms with E-state index in [2.05, 4.69) is 10.6 Å². The molecule has 90 heavy (non-hydrogen) atoms. The molecule has 4 N–H and O–H groups in total. The first-order valence-electron chi connectivity index (χ1n) is 32.4. The van der Waals surface area contributed by atoms with Gasteiger partial charge in [-0.05, 0) is 102 Å². The third-order valence-electron chi connectivity index (χ3n) is 17.3. The molecule has 1 fully saturated rings. The normalized spacial score (nSPS) is 27.1. The molecule has 24 heteroatoms. The van der Waals surface area contributed by atoms with E-state index in [-0.39, 0.29) is 56.3 Å². The van der Waals surface area contributed by atoms with Crippen LogP contribution in [0.2, 0.25) is 0 Å². The van der Waals surface area contributed by atoms with Gasteiger partial charge in [-0.25, -0.2) is 0 Å². The lowest BCUT2D eigenvalue weighted by Crippen LogP contribution is -2.61. The number of carbonyl (C=O) groups excluding carboxylic acids is 11. The first-order valence-corrected chi connectivity index (χ1v) is 33.4. The van der Waals surface area contributed by atoms with Crippen molar-refractivity contribution >= 4 is 76.5 Å². The van der Waals surface area contributed by atoms with Crippen molar-refractivity contribution in [3.05, 3.63) is 12.2 Å². The summed E-state index contributed by atoms with van der Waals surface area (Å²) in [6.07, 6.45) is 1.95. The number of carbonyl (C=O) groups is 11. The van der Waals surface area contributed by atoms with Gasteiger partial charge in [-0.1, -0.05) is 102 Å². The van der Waals surface area contributed by atoms with Crippen LogP contribution in [0.25, 0.3) is 0 Å². The summed E-state index contributed by atoms with van der Waals surface area (Å²) in [7, 11) is 13.7. The Labute approximate surface area is 543 Å². The molecule has 516 valence electrons. The van der Waals surface area contributed by atoms with E-state index in [9.17, 15) is 34.2 Å². The van der Waals surface area contributed by atoms with Gasteiger partial charge in [-0.3, -0.25) is 52.7 Å². The zero-order valence-electron chi connectivity index (χ0n) is 59.2. The molecule has 0 bridgehead atoms. The minimum atomic E-state index is -1.54. The summed E-state index contributed by atoms with van der Waals surface area (Å²) in [5.74, 6) is -10.9. The second-order valence-electron chi connectivity index (χ2n) is 27.3. The van der Waals surface area contributed by atoms with Gasteiger partial charge in [0.1, 0.15) is 42.3 Å². The third-order valence-corrected chi connectivity index (χ3v) is 18.6. The molecule has 1 aliphatic heterocycles. The number of hydrogen-bond acceptors (Lipinski definition) is 15. The van der Waals surface area contributed by atoms with Crippen LogP contribution >= 0.6 is 11.8 Å². The molecule has 1 aliphatic rings. The fourth-order valence-electron chi connectivity index (χ4n) is 11.5. The molecule has 0 aromatic carbocycles. The largest absolute Gasteiger partial charge is 0.396 e. The number of nitrogens with one attached hydrogen (secondary N) is 2. The molecule has 1 heterocycles. The molecule has 0 saturated carbocycles. The maximum Gasteiger partial charge on any atom is 0.256 e. The van der Waals surface area contributed by atoms with E-state index >= 15 is 28.8 Å². The fraction of sp³-hybridized carbons (Fsp3) is 0.803. The van der Waals surface area contributed by atoms with Gasteiger partial charge in [0.15, 0.2) is 16.9 Å². The van der Waals surface area contributed by atoms with Crippen LogP contribution < -0.4 is 10.6 Å². The summed E-state index contributed by atoms with van der Waals surface area (Å²) >= 11 is 1.12. The molecule has 0 aliphatic carbocycles. The number of thioether (sulfide) groups is 1. The summed E-state index contributed by atoms with van der Waals surface area (Å²) in [6, 6.07) is -9.98. The van der Waals surface area contributed by atoms with E-state index in [1.54, 1.807) is 54.5 Å². The Bertz CT molecular complexity index is 2440. The SMILES string of the molecule is C/C=C/C[C@@H](C)[C@@H](O)[C@H]1C(=O)C[C@@H](CC)C(=O)N(C)[C@H](SCCN(C)C)C(=O)N(C)[C@@H](CCO)C(=O)N[C@@H](C(C)C)C(=O)N(C)[C@@H](CC(C)C)C(=O)N[C@@H](C)C(=O)C[C@H](C)C(=O)N(C)[C@@H](CC(C)C)C(=O)N(C)[C@@H](CC(C)C)C(=O)N(C)[C@@H](C(C)C)C(=O)N1C. The van der Waals surface area contributed by atoms with Gasteiger partial charge in [-0.15, -0.1) is 11.8 Å². The maximum absolute atomic E-state index is 15.3. The highest BCUT2D eigenvalue weighted by Crippen LogP contribution is 2.29. The summed E-state index contributed by atoms with van der Waals surface area (Å²) < 4.78 is 0. The van der Waals surface area contributed by atoms with Gasteiger partial charge < -0.3 is 60.0 Å². The number of Topliss-reactive ketones (excluding diaryl/α,β-unsaturated/α-hetero) is 2. The molecule has 0 aromatic heterocycles. The molecule has 23 nitrogen and oxygen atoms in total. The number of allylic oxidation sites excluding steroid dienone is 2. The van der Waals surface area contributed by atoms with Crippen molar-refractivity contribution < 1.29 is 63.0 Å². The average molecular weight is 1290 g/mol. The highest BCUT2D eigenvalue weighted by atomic mass is 32.2. The van der Waals surface area contributed by atoms with Crippen LogP contribution in [0.5, 0.6) is 0 Å². The summed E-state index contributed by atoms with van der Waals surface area (Å²) in [5.41, 5.74) is 0. The lowest BCUT2D eigenvalue weighted by Gasteiger charge is -2.41. The smallest absolute Gasteiger partial charge is 0.256 e. The molecule has 13 atom stereocenters.